The van der Waals surface area contributed by atoms with Gasteiger partial charge in [0, 0.05) is 32.4 Å². The van der Waals surface area contributed by atoms with Crippen molar-refractivity contribution in [2.24, 2.45) is 11.8 Å². The van der Waals surface area contributed by atoms with Crippen LogP contribution >= 0.6 is 0 Å². The zero-order chi connectivity index (χ0) is 49.6. The Morgan fingerprint density at radius 3 is 1.84 bits per heavy atom. The van der Waals surface area contributed by atoms with Crippen LogP contribution in [0.1, 0.15) is 77.8 Å². The zero-order valence-electron chi connectivity index (χ0n) is 39.6. The number of hydrogen-bond acceptors (Lipinski definition) is 12. The predicted molar refractivity (Wildman–Crippen MR) is 252 cm³/mol. The lowest BCUT2D eigenvalue weighted by Crippen LogP contribution is -2.63. The molecule has 19 heteroatoms. The topological polar surface area (TPSA) is 248 Å². The minimum atomic E-state index is -4.13. The maximum atomic E-state index is 14.5. The molecular weight excluding hydrogens is 883 g/mol. The molecule has 1 aliphatic heterocycles. The van der Waals surface area contributed by atoms with Crippen molar-refractivity contribution >= 4 is 51.3 Å². The number of benzene rings is 2. The fourth-order valence-electron chi connectivity index (χ4n) is 7.32. The van der Waals surface area contributed by atoms with Crippen LogP contribution in [0.5, 0.6) is 0 Å². The molecule has 5 atom stereocenters. The summed E-state index contributed by atoms with van der Waals surface area (Å²) < 4.78 is 34.8. The lowest BCUT2D eigenvalue weighted by atomic mass is 9.87. The second-order valence-electron chi connectivity index (χ2n) is 17.9. The Hall–Kier alpha value is -5.68. The van der Waals surface area contributed by atoms with E-state index in [0.717, 1.165) is 11.8 Å². The van der Waals surface area contributed by atoms with Crippen LogP contribution in [0, 0.1) is 24.2 Å². The number of hydrogen-bond donors (Lipinski definition) is 6. The highest BCUT2D eigenvalue weighted by Gasteiger charge is 2.42. The molecule has 368 valence electrons. The van der Waals surface area contributed by atoms with Gasteiger partial charge < -0.3 is 36.6 Å². The predicted octanol–water partition coefficient (Wildman–Crippen LogP) is 1.18. The van der Waals surface area contributed by atoms with Crippen molar-refractivity contribution < 1.29 is 50.9 Å². The van der Waals surface area contributed by atoms with Gasteiger partial charge in [0.05, 0.1) is 45.2 Å². The van der Waals surface area contributed by atoms with Crippen molar-refractivity contribution in [1.82, 2.24) is 36.8 Å². The monoisotopic (exact) mass is 951 g/mol. The number of rotatable bonds is 28. The molecule has 0 aromatic heterocycles. The van der Waals surface area contributed by atoms with Crippen molar-refractivity contribution in [1.29, 1.82) is 0 Å². The number of ether oxygens (including phenoxy) is 1. The highest BCUT2D eigenvalue weighted by atomic mass is 32.2. The number of amides is 6. The maximum absolute atomic E-state index is 14.5. The molecule has 1 aliphatic rings. The van der Waals surface area contributed by atoms with Crippen molar-refractivity contribution in [2.75, 3.05) is 52.3 Å². The van der Waals surface area contributed by atoms with Crippen LogP contribution in [-0.4, -0.2) is 137 Å². The molecule has 2 aromatic carbocycles. The molecular formula is C48H69N7O11S. The summed E-state index contributed by atoms with van der Waals surface area (Å²) >= 11 is 0. The lowest BCUT2D eigenvalue weighted by molar-refractivity contribution is -0.137. The fraction of sp³-hybridized carbons (Fsp3) is 0.562. The van der Waals surface area contributed by atoms with Gasteiger partial charge in [-0.3, -0.25) is 42.6 Å². The first-order valence-electron chi connectivity index (χ1n) is 22.7. The molecule has 6 N–H and O–H groups in total. The van der Waals surface area contributed by atoms with E-state index in [0.29, 0.717) is 38.3 Å². The number of aryl methyl sites for hydroxylation is 1. The number of Topliss-reactive ketones (excluding diaryl/α,β-unsaturated/α-hetero) is 1. The van der Waals surface area contributed by atoms with Gasteiger partial charge in [0.2, 0.25) is 35.4 Å². The summed E-state index contributed by atoms with van der Waals surface area (Å²) in [5.74, 6) is -2.55. The third-order valence-electron chi connectivity index (χ3n) is 10.8. The van der Waals surface area contributed by atoms with Crippen LogP contribution in [0.4, 0.5) is 0 Å². The van der Waals surface area contributed by atoms with Gasteiger partial charge in [0.1, 0.15) is 23.7 Å². The maximum Gasteiger partial charge on any atom is 0.264 e. The Morgan fingerprint density at radius 2 is 1.25 bits per heavy atom. The molecule has 67 heavy (non-hydrogen) atoms. The molecule has 6 amide bonds. The summed E-state index contributed by atoms with van der Waals surface area (Å²) in [6.07, 6.45) is 6.17. The number of terminal acetylenes is 1. The van der Waals surface area contributed by atoms with E-state index in [1.807, 2.05) is 49.1 Å². The third-order valence-corrected chi connectivity index (χ3v) is 11.3. The van der Waals surface area contributed by atoms with Crippen LogP contribution in [0.2, 0.25) is 0 Å². The van der Waals surface area contributed by atoms with E-state index < -0.39 is 81.8 Å². The number of carbonyl (C=O) groups excluding carboxylic acids is 7. The molecule has 0 radical (unpaired) electrons. The summed E-state index contributed by atoms with van der Waals surface area (Å²) in [5.41, 5.74) is -0.412. The van der Waals surface area contributed by atoms with Gasteiger partial charge in [-0.15, -0.1) is 6.42 Å². The van der Waals surface area contributed by atoms with Crippen LogP contribution in [0.3, 0.4) is 0 Å². The molecule has 1 heterocycles. The SMILES string of the molecule is C#CCNC(=O)CCC(=O)NC(C)(COS(C)(=O)=O)C(=O)[C@H](CC(C)C)NC(=O)[C@H](Cc1ccccc1)NC(=O)[C@H](CC(C)C)NC(=O)[C@H](CCc1ccccc1)NC(=O)CN1CCOCC1. The lowest BCUT2D eigenvalue weighted by Gasteiger charge is -2.34. The quantitative estimate of drug-likeness (QED) is 0.0520. The molecule has 0 aliphatic carbocycles. The van der Waals surface area contributed by atoms with Gasteiger partial charge >= 0.3 is 0 Å². The minimum absolute atomic E-state index is 0.0308. The summed E-state index contributed by atoms with van der Waals surface area (Å²) in [4.78, 5) is 98.2. The van der Waals surface area contributed by atoms with E-state index in [-0.39, 0.29) is 69.4 Å². The van der Waals surface area contributed by atoms with E-state index in [2.05, 4.69) is 37.8 Å². The summed E-state index contributed by atoms with van der Waals surface area (Å²) in [6.45, 7) is 9.89. The molecule has 0 saturated carbocycles. The van der Waals surface area contributed by atoms with Crippen LogP contribution in [0.25, 0.3) is 0 Å². The molecule has 18 nitrogen and oxygen atoms in total. The highest BCUT2D eigenvalue weighted by molar-refractivity contribution is 7.86. The van der Waals surface area contributed by atoms with E-state index in [9.17, 15) is 42.0 Å². The minimum Gasteiger partial charge on any atom is -0.379 e. The molecule has 3 rings (SSSR count). The Labute approximate surface area is 395 Å². The highest BCUT2D eigenvalue weighted by Crippen LogP contribution is 2.18. The van der Waals surface area contributed by atoms with Gasteiger partial charge in [-0.05, 0) is 55.6 Å². The number of nitrogens with zero attached hydrogens (tertiary/aromatic N) is 1. The molecule has 0 bridgehead atoms. The van der Waals surface area contributed by atoms with E-state index in [4.69, 9.17) is 15.3 Å². The van der Waals surface area contributed by atoms with Crippen LogP contribution < -0.4 is 31.9 Å². The third kappa shape index (κ3) is 21.2. The second kappa shape index (κ2) is 27.8. The Bertz CT molecular complexity index is 2110. The first-order chi connectivity index (χ1) is 31.7. The standard InChI is InChI=1S/C48H69N7O11S/c1-8-23-49-41(56)21-22-42(57)54-48(6,32-66-67(7,63)64)44(59)38(28-33(2)3)51-47(62)40(30-36-17-13-10-14-18-36)53-46(61)39(29-34(4)5)52-45(60)37(20-19-35-15-11-9-12-16-35)50-43(58)31-55-24-26-65-27-25-55/h1,9-18,33-34,37-40H,19-32H2,2-7H3,(H,49,56)(H,50,58)(H,51,62)(H,52,60)(H,53,61)(H,54,57)/t37-,38-,39-,40-,48?/m0/s1. The Balaban J connectivity index is 1.92. The normalized spacial score (nSPS) is 15.7. The van der Waals surface area contributed by atoms with Crippen molar-refractivity contribution in [3.8, 4) is 12.3 Å². The average molecular weight is 952 g/mol. The fourth-order valence-corrected chi connectivity index (χ4v) is 7.77. The summed E-state index contributed by atoms with van der Waals surface area (Å²) in [7, 11) is -4.13. The zero-order valence-corrected chi connectivity index (χ0v) is 40.4. The number of nitrogens with one attached hydrogen (secondary N) is 6. The molecule has 1 saturated heterocycles. The van der Waals surface area contributed by atoms with Crippen LogP contribution in [0.15, 0.2) is 60.7 Å². The van der Waals surface area contributed by atoms with Crippen molar-refractivity contribution in [3.63, 3.8) is 0 Å². The van der Waals surface area contributed by atoms with Gasteiger partial charge in [0.25, 0.3) is 10.1 Å². The van der Waals surface area contributed by atoms with Gasteiger partial charge in [-0.25, -0.2) is 0 Å². The van der Waals surface area contributed by atoms with E-state index >= 15 is 0 Å². The Kier molecular flexibility index (Phi) is 23.1. The van der Waals surface area contributed by atoms with E-state index in [1.54, 1.807) is 44.2 Å². The largest absolute Gasteiger partial charge is 0.379 e. The van der Waals surface area contributed by atoms with Gasteiger partial charge in [-0.1, -0.05) is 94.3 Å². The number of carbonyl (C=O) groups is 7. The summed E-state index contributed by atoms with van der Waals surface area (Å²) in [5, 5.41) is 16.3. The smallest absolute Gasteiger partial charge is 0.264 e. The second-order valence-corrected chi connectivity index (χ2v) is 19.5. The van der Waals surface area contributed by atoms with Gasteiger partial charge in [-0.2, -0.15) is 8.42 Å². The van der Waals surface area contributed by atoms with Gasteiger partial charge in [0.15, 0.2) is 5.78 Å². The molecule has 0 spiro atoms. The van der Waals surface area contributed by atoms with Crippen molar-refractivity contribution in [2.45, 2.75) is 109 Å². The van der Waals surface area contributed by atoms with Crippen LogP contribution in [-0.2, 0) is 65.4 Å². The molecule has 1 unspecified atom stereocenters. The number of morpholine rings is 1. The first kappa shape index (κ1) is 55.6. The Morgan fingerprint density at radius 1 is 0.731 bits per heavy atom. The number of ketones is 1. The van der Waals surface area contributed by atoms with Crippen molar-refractivity contribution in [3.05, 3.63) is 71.8 Å². The average Bonchev–Trinajstić information content (AvgIpc) is 3.27. The van der Waals surface area contributed by atoms with E-state index in [1.165, 1.54) is 6.92 Å². The molecule has 2 aromatic rings. The molecule has 1 fully saturated rings. The summed E-state index contributed by atoms with van der Waals surface area (Å²) in [6, 6.07) is 13.5. The first-order valence-corrected chi connectivity index (χ1v) is 24.5.